The van der Waals surface area contributed by atoms with E-state index >= 15 is 0 Å². The van der Waals surface area contributed by atoms with Crippen LogP contribution in [0.4, 0.5) is 0 Å². The molecule has 1 aromatic carbocycles. The molecule has 2 aromatic rings. The molecule has 0 saturated carbocycles. The molecule has 0 aliphatic carbocycles. The van der Waals surface area contributed by atoms with Crippen LogP contribution < -0.4 is 0 Å². The number of hydrogen-bond donors (Lipinski definition) is 1. The zero-order valence-electron chi connectivity index (χ0n) is 13.5. The molecule has 1 aromatic heterocycles. The summed E-state index contributed by atoms with van der Waals surface area (Å²) in [5, 5.41) is 8.88. The molecule has 0 fully saturated rings. The summed E-state index contributed by atoms with van der Waals surface area (Å²) >= 11 is 0. The molecule has 2 rings (SSSR count). The Balaban J connectivity index is 2.29. The first-order valence-electron chi connectivity index (χ1n) is 7.54. The number of aromatic carboxylic acids is 1. The molecule has 1 heterocycles. The van der Waals surface area contributed by atoms with E-state index in [1.54, 1.807) is 0 Å². The van der Waals surface area contributed by atoms with Crippen molar-refractivity contribution in [3.63, 3.8) is 0 Å². The van der Waals surface area contributed by atoms with Crippen LogP contribution in [-0.2, 0) is 6.42 Å². The third-order valence-corrected chi connectivity index (χ3v) is 3.69. The highest BCUT2D eigenvalue weighted by Gasteiger charge is 2.10. The highest BCUT2D eigenvalue weighted by Crippen LogP contribution is 2.24. The van der Waals surface area contributed by atoms with Gasteiger partial charge in [0.25, 0.3) is 0 Å². The molecule has 0 spiro atoms. The first-order chi connectivity index (χ1) is 10.4. The SMILES string of the molecule is CC(C)c1cc(Cc2ncc(C(=O)O)cn2)cc(C(C)C)c1. The van der Waals surface area contributed by atoms with E-state index in [2.05, 4.69) is 55.9 Å². The van der Waals surface area contributed by atoms with Gasteiger partial charge >= 0.3 is 5.97 Å². The maximum absolute atomic E-state index is 10.8. The van der Waals surface area contributed by atoms with Crippen molar-refractivity contribution in [1.82, 2.24) is 9.97 Å². The lowest BCUT2D eigenvalue weighted by Crippen LogP contribution is -2.03. The van der Waals surface area contributed by atoms with Crippen LogP contribution in [0.5, 0.6) is 0 Å². The van der Waals surface area contributed by atoms with E-state index in [1.165, 1.54) is 23.5 Å². The quantitative estimate of drug-likeness (QED) is 0.905. The second kappa shape index (κ2) is 6.69. The fourth-order valence-electron chi connectivity index (χ4n) is 2.25. The van der Waals surface area contributed by atoms with Crippen molar-refractivity contribution in [3.8, 4) is 0 Å². The van der Waals surface area contributed by atoms with Gasteiger partial charge in [0.15, 0.2) is 0 Å². The van der Waals surface area contributed by atoms with Crippen LogP contribution >= 0.6 is 0 Å². The Morgan fingerprint density at radius 3 is 1.91 bits per heavy atom. The number of carboxylic acids is 1. The molecule has 4 heteroatoms. The lowest BCUT2D eigenvalue weighted by Gasteiger charge is -2.14. The van der Waals surface area contributed by atoms with Gasteiger partial charge in [0.1, 0.15) is 5.82 Å². The number of hydrogen-bond acceptors (Lipinski definition) is 3. The summed E-state index contributed by atoms with van der Waals surface area (Å²) in [6.45, 7) is 8.73. The Hall–Kier alpha value is -2.23. The molecule has 116 valence electrons. The molecule has 0 atom stereocenters. The van der Waals surface area contributed by atoms with E-state index < -0.39 is 5.97 Å². The van der Waals surface area contributed by atoms with Gasteiger partial charge in [-0.25, -0.2) is 14.8 Å². The molecule has 1 N–H and O–H groups in total. The van der Waals surface area contributed by atoms with Gasteiger partial charge in [0.2, 0.25) is 0 Å². The minimum atomic E-state index is -1.00. The van der Waals surface area contributed by atoms with E-state index in [0.29, 0.717) is 24.1 Å². The normalized spacial score (nSPS) is 11.2. The van der Waals surface area contributed by atoms with Crippen LogP contribution in [0.2, 0.25) is 0 Å². The number of benzene rings is 1. The van der Waals surface area contributed by atoms with Gasteiger partial charge in [0.05, 0.1) is 5.56 Å². The average Bonchev–Trinajstić information content (AvgIpc) is 2.47. The Morgan fingerprint density at radius 2 is 1.50 bits per heavy atom. The summed E-state index contributed by atoms with van der Waals surface area (Å²) in [7, 11) is 0. The standard InChI is InChI=1S/C18H22N2O2/c1-11(2)14-5-13(6-15(8-14)12(3)4)7-17-19-9-16(10-20-17)18(21)22/h5-6,8-12H,7H2,1-4H3,(H,21,22). The summed E-state index contributed by atoms with van der Waals surface area (Å²) in [6.07, 6.45) is 3.33. The number of aromatic nitrogens is 2. The van der Waals surface area contributed by atoms with Crippen molar-refractivity contribution in [2.24, 2.45) is 0 Å². The van der Waals surface area contributed by atoms with Gasteiger partial charge in [-0.3, -0.25) is 0 Å². The van der Waals surface area contributed by atoms with Gasteiger partial charge in [-0.15, -0.1) is 0 Å². The molecule has 0 radical (unpaired) electrons. The molecule has 0 aliphatic heterocycles. The molecule has 0 amide bonds. The second-order valence-electron chi connectivity index (χ2n) is 6.19. The first kappa shape index (κ1) is 16.1. The van der Waals surface area contributed by atoms with Crippen molar-refractivity contribution >= 4 is 5.97 Å². The van der Waals surface area contributed by atoms with Crippen LogP contribution in [-0.4, -0.2) is 21.0 Å². The van der Waals surface area contributed by atoms with E-state index in [9.17, 15) is 4.79 Å². The second-order valence-corrected chi connectivity index (χ2v) is 6.19. The molecule has 0 saturated heterocycles. The van der Waals surface area contributed by atoms with Crippen molar-refractivity contribution < 1.29 is 9.90 Å². The van der Waals surface area contributed by atoms with Gasteiger partial charge in [-0.1, -0.05) is 45.9 Å². The number of carboxylic acid groups (broad SMARTS) is 1. The smallest absolute Gasteiger partial charge is 0.338 e. The first-order valence-corrected chi connectivity index (χ1v) is 7.54. The van der Waals surface area contributed by atoms with Crippen LogP contribution in [0.25, 0.3) is 0 Å². The largest absolute Gasteiger partial charge is 0.478 e. The third-order valence-electron chi connectivity index (χ3n) is 3.69. The minimum absolute atomic E-state index is 0.113. The summed E-state index contributed by atoms with van der Waals surface area (Å²) in [5.74, 6) is 0.566. The maximum Gasteiger partial charge on any atom is 0.338 e. The molecule has 4 nitrogen and oxygen atoms in total. The molecular weight excluding hydrogens is 276 g/mol. The fraction of sp³-hybridized carbons (Fsp3) is 0.389. The van der Waals surface area contributed by atoms with Crippen molar-refractivity contribution in [3.05, 3.63) is 58.7 Å². The van der Waals surface area contributed by atoms with Crippen molar-refractivity contribution in [2.45, 2.75) is 46.0 Å². The summed E-state index contributed by atoms with van der Waals surface area (Å²) in [4.78, 5) is 19.1. The predicted molar refractivity (Wildman–Crippen MR) is 86.4 cm³/mol. The average molecular weight is 298 g/mol. The van der Waals surface area contributed by atoms with Crippen molar-refractivity contribution in [1.29, 1.82) is 0 Å². The van der Waals surface area contributed by atoms with Gasteiger partial charge in [-0.05, 0) is 28.5 Å². The van der Waals surface area contributed by atoms with E-state index in [0.717, 1.165) is 5.56 Å². The molecule has 0 aliphatic rings. The molecule has 22 heavy (non-hydrogen) atoms. The Bertz CT molecular complexity index is 635. The lowest BCUT2D eigenvalue weighted by molar-refractivity contribution is 0.0696. The zero-order valence-corrected chi connectivity index (χ0v) is 13.5. The minimum Gasteiger partial charge on any atom is -0.478 e. The Morgan fingerprint density at radius 1 is 1.00 bits per heavy atom. The van der Waals surface area contributed by atoms with Crippen LogP contribution in [0.1, 0.15) is 72.4 Å². The van der Waals surface area contributed by atoms with E-state index in [4.69, 9.17) is 5.11 Å². The van der Waals surface area contributed by atoms with Crippen LogP contribution in [0.3, 0.4) is 0 Å². The number of rotatable bonds is 5. The summed E-state index contributed by atoms with van der Waals surface area (Å²) in [6, 6.07) is 6.63. The Kier molecular flexibility index (Phi) is 4.91. The lowest BCUT2D eigenvalue weighted by atomic mass is 9.92. The highest BCUT2D eigenvalue weighted by atomic mass is 16.4. The van der Waals surface area contributed by atoms with E-state index in [-0.39, 0.29) is 5.56 Å². The summed E-state index contributed by atoms with van der Waals surface area (Å²) in [5.41, 5.74) is 3.90. The van der Waals surface area contributed by atoms with Gasteiger partial charge < -0.3 is 5.11 Å². The van der Waals surface area contributed by atoms with Crippen LogP contribution in [0.15, 0.2) is 30.6 Å². The fourth-order valence-corrected chi connectivity index (χ4v) is 2.25. The number of carbonyl (C=O) groups is 1. The molecular formula is C18H22N2O2. The number of nitrogens with zero attached hydrogens (tertiary/aromatic N) is 2. The predicted octanol–water partition coefficient (Wildman–Crippen LogP) is 4.01. The van der Waals surface area contributed by atoms with Crippen molar-refractivity contribution in [2.75, 3.05) is 0 Å². The molecule has 0 bridgehead atoms. The van der Waals surface area contributed by atoms with E-state index in [1.807, 2.05) is 0 Å². The summed E-state index contributed by atoms with van der Waals surface area (Å²) < 4.78 is 0. The maximum atomic E-state index is 10.8. The third kappa shape index (κ3) is 3.91. The Labute approximate surface area is 131 Å². The zero-order chi connectivity index (χ0) is 16.3. The highest BCUT2D eigenvalue weighted by molar-refractivity contribution is 5.86. The van der Waals surface area contributed by atoms with Crippen LogP contribution in [0, 0.1) is 0 Å². The monoisotopic (exact) mass is 298 g/mol. The molecule has 0 unspecified atom stereocenters. The van der Waals surface area contributed by atoms with Gasteiger partial charge in [0, 0.05) is 18.8 Å². The topological polar surface area (TPSA) is 63.1 Å². The van der Waals surface area contributed by atoms with Gasteiger partial charge in [-0.2, -0.15) is 0 Å².